The lowest BCUT2D eigenvalue weighted by Gasteiger charge is -2.19. The van der Waals surface area contributed by atoms with Crippen LogP contribution < -0.4 is 14.9 Å². The van der Waals surface area contributed by atoms with Crippen molar-refractivity contribution in [2.24, 2.45) is 0 Å². The van der Waals surface area contributed by atoms with Gasteiger partial charge in [-0.15, -0.1) is 0 Å². The van der Waals surface area contributed by atoms with Gasteiger partial charge in [0.05, 0.1) is 15.4 Å². The van der Waals surface area contributed by atoms with Crippen LogP contribution in [-0.2, 0) is 18.2 Å². The summed E-state index contributed by atoms with van der Waals surface area (Å²) in [4.78, 5) is 13.0. The van der Waals surface area contributed by atoms with Gasteiger partial charge in [0.1, 0.15) is 23.7 Å². The molecule has 1 aromatic heterocycles. The number of alkyl halides is 3. The van der Waals surface area contributed by atoms with Gasteiger partial charge in [-0.05, 0) is 52.9 Å². The molecule has 36 heavy (non-hydrogen) atoms. The fourth-order valence-corrected chi connectivity index (χ4v) is 3.78. The van der Waals surface area contributed by atoms with Gasteiger partial charge in [-0.25, -0.2) is 0 Å². The first-order chi connectivity index (χ1) is 16.8. The van der Waals surface area contributed by atoms with Gasteiger partial charge >= 0.3 is 6.18 Å². The third kappa shape index (κ3) is 5.63. The number of benzene rings is 3. The van der Waals surface area contributed by atoms with E-state index in [9.17, 15) is 18.0 Å². The van der Waals surface area contributed by atoms with Gasteiger partial charge in [-0.1, -0.05) is 62.2 Å². The van der Waals surface area contributed by atoms with Crippen LogP contribution in [0.3, 0.4) is 0 Å². The van der Waals surface area contributed by atoms with Gasteiger partial charge in [0.2, 0.25) is 11.2 Å². The maximum Gasteiger partial charge on any atom is 0.453 e. The summed E-state index contributed by atoms with van der Waals surface area (Å²) in [5.74, 6) is -2.16. The molecule has 4 rings (SSSR count). The lowest BCUT2D eigenvalue weighted by Crippen LogP contribution is -2.15. The maximum absolute atomic E-state index is 13.9. The number of hydrogen-bond acceptors (Lipinski definition) is 4. The van der Waals surface area contributed by atoms with Crippen LogP contribution in [-0.4, -0.2) is 0 Å². The van der Waals surface area contributed by atoms with Crippen LogP contribution in [0.15, 0.2) is 69.9 Å². The van der Waals surface area contributed by atoms with Crippen LogP contribution in [0, 0.1) is 0 Å². The molecule has 0 fully saturated rings. The summed E-state index contributed by atoms with van der Waals surface area (Å²) in [6, 6.07) is 15.5. The molecule has 0 saturated heterocycles. The molecular weight excluding hydrogens is 516 g/mol. The first-order valence-corrected chi connectivity index (χ1v) is 11.6. The van der Waals surface area contributed by atoms with E-state index in [1.165, 1.54) is 30.3 Å². The SMILES string of the molecule is CC(C)(C)c1ccc(Oc2c(C(F)(F)F)oc3cc(OCc4ccc(Cl)c(Cl)c4)ccc3c2=O)cc1. The van der Waals surface area contributed by atoms with Crippen LogP contribution in [0.5, 0.6) is 17.2 Å². The Labute approximate surface area is 215 Å². The molecule has 0 saturated carbocycles. The molecule has 0 aliphatic heterocycles. The second-order valence-corrected chi connectivity index (χ2v) is 9.97. The fourth-order valence-electron chi connectivity index (χ4n) is 3.46. The molecule has 0 amide bonds. The van der Waals surface area contributed by atoms with E-state index in [1.807, 2.05) is 20.8 Å². The summed E-state index contributed by atoms with van der Waals surface area (Å²) in [6.45, 7) is 6.09. The predicted octanol–water partition coefficient (Wildman–Crippen LogP) is 8.79. The zero-order valence-electron chi connectivity index (χ0n) is 19.5. The average molecular weight is 537 g/mol. The summed E-state index contributed by atoms with van der Waals surface area (Å²) in [5, 5.41) is 0.652. The van der Waals surface area contributed by atoms with E-state index >= 15 is 0 Å². The van der Waals surface area contributed by atoms with Gasteiger partial charge in [-0.3, -0.25) is 4.79 Å². The Hall–Kier alpha value is -3.16. The molecule has 4 aromatic rings. The lowest BCUT2D eigenvalue weighted by molar-refractivity contribution is -0.154. The molecule has 0 N–H and O–H groups in total. The van der Waals surface area contributed by atoms with E-state index in [0.29, 0.717) is 15.6 Å². The largest absolute Gasteiger partial charge is 0.489 e. The summed E-state index contributed by atoms with van der Waals surface area (Å²) in [5.41, 5.74) is 0.277. The highest BCUT2D eigenvalue weighted by Crippen LogP contribution is 2.39. The van der Waals surface area contributed by atoms with Crippen molar-refractivity contribution in [1.29, 1.82) is 0 Å². The molecule has 0 unspecified atom stereocenters. The average Bonchev–Trinajstić information content (AvgIpc) is 2.80. The standard InChI is InChI=1S/C27H21Cl2F3O4/c1-26(2,3)16-5-7-17(8-6-16)35-24-23(33)19-10-9-18(13-22(19)36-25(24)27(30,31)32)34-14-15-4-11-20(28)21(29)12-15/h4-13H,14H2,1-3H3. The van der Waals surface area contributed by atoms with E-state index in [1.54, 1.807) is 30.3 Å². The van der Waals surface area contributed by atoms with Gasteiger partial charge < -0.3 is 13.9 Å². The molecule has 0 aliphatic carbocycles. The highest BCUT2D eigenvalue weighted by Gasteiger charge is 2.40. The molecule has 0 bridgehead atoms. The molecule has 0 radical (unpaired) electrons. The third-order valence-corrected chi connectivity index (χ3v) is 6.15. The number of hydrogen-bond donors (Lipinski definition) is 0. The molecule has 4 nitrogen and oxygen atoms in total. The molecule has 0 aliphatic rings. The molecule has 1 heterocycles. The van der Waals surface area contributed by atoms with Gasteiger partial charge in [0.15, 0.2) is 0 Å². The minimum atomic E-state index is -4.97. The molecule has 188 valence electrons. The van der Waals surface area contributed by atoms with Gasteiger partial charge in [-0.2, -0.15) is 13.2 Å². The minimum absolute atomic E-state index is 0.0739. The summed E-state index contributed by atoms with van der Waals surface area (Å²) in [6.07, 6.45) is -4.97. The minimum Gasteiger partial charge on any atom is -0.489 e. The van der Waals surface area contributed by atoms with Crippen LogP contribution >= 0.6 is 23.2 Å². The van der Waals surface area contributed by atoms with Crippen LogP contribution in [0.4, 0.5) is 13.2 Å². The fraction of sp³-hybridized carbons (Fsp3) is 0.222. The van der Waals surface area contributed by atoms with E-state index in [0.717, 1.165) is 5.56 Å². The van der Waals surface area contributed by atoms with Crippen molar-refractivity contribution < 1.29 is 27.1 Å². The van der Waals surface area contributed by atoms with E-state index in [2.05, 4.69) is 0 Å². The summed E-state index contributed by atoms with van der Waals surface area (Å²) < 4.78 is 57.8. The van der Waals surface area contributed by atoms with Crippen molar-refractivity contribution >= 4 is 34.2 Å². The molecule has 3 aromatic carbocycles. The normalized spacial score (nSPS) is 12.1. The highest BCUT2D eigenvalue weighted by atomic mass is 35.5. The number of fused-ring (bicyclic) bond motifs is 1. The van der Waals surface area contributed by atoms with E-state index < -0.39 is 23.1 Å². The highest BCUT2D eigenvalue weighted by molar-refractivity contribution is 6.42. The maximum atomic E-state index is 13.9. The summed E-state index contributed by atoms with van der Waals surface area (Å²) >= 11 is 11.9. The Morgan fingerprint density at radius 3 is 2.14 bits per heavy atom. The first kappa shape index (κ1) is 25.9. The van der Waals surface area contributed by atoms with E-state index in [4.69, 9.17) is 37.1 Å². The molecular formula is C27H21Cl2F3O4. The number of halogens is 5. The third-order valence-electron chi connectivity index (χ3n) is 5.41. The molecule has 0 atom stereocenters. The topological polar surface area (TPSA) is 48.7 Å². The predicted molar refractivity (Wildman–Crippen MR) is 133 cm³/mol. The van der Waals surface area contributed by atoms with Crippen molar-refractivity contribution in [3.63, 3.8) is 0 Å². The number of rotatable bonds is 5. The van der Waals surface area contributed by atoms with Crippen LogP contribution in [0.1, 0.15) is 37.7 Å². The van der Waals surface area contributed by atoms with Crippen molar-refractivity contribution in [2.45, 2.75) is 39.0 Å². The summed E-state index contributed by atoms with van der Waals surface area (Å²) in [7, 11) is 0. The second-order valence-electron chi connectivity index (χ2n) is 9.16. The Bertz CT molecular complexity index is 1470. The van der Waals surface area contributed by atoms with Crippen molar-refractivity contribution in [1.82, 2.24) is 0 Å². The molecule has 9 heteroatoms. The van der Waals surface area contributed by atoms with Crippen molar-refractivity contribution in [2.75, 3.05) is 0 Å². The monoisotopic (exact) mass is 536 g/mol. The zero-order chi connectivity index (χ0) is 26.3. The van der Waals surface area contributed by atoms with Crippen LogP contribution in [0.2, 0.25) is 10.0 Å². The van der Waals surface area contributed by atoms with Gasteiger partial charge in [0, 0.05) is 6.07 Å². The quantitative estimate of drug-likeness (QED) is 0.255. The van der Waals surface area contributed by atoms with Gasteiger partial charge in [0.25, 0.3) is 5.76 Å². The zero-order valence-corrected chi connectivity index (χ0v) is 21.0. The van der Waals surface area contributed by atoms with Crippen LogP contribution in [0.25, 0.3) is 11.0 Å². The van der Waals surface area contributed by atoms with Crippen molar-refractivity contribution in [3.05, 3.63) is 97.8 Å². The Morgan fingerprint density at radius 2 is 1.53 bits per heavy atom. The number of ether oxygens (including phenoxy) is 2. The van der Waals surface area contributed by atoms with Crippen molar-refractivity contribution in [3.8, 4) is 17.2 Å². The smallest absolute Gasteiger partial charge is 0.453 e. The lowest BCUT2D eigenvalue weighted by atomic mass is 9.87. The Morgan fingerprint density at radius 1 is 0.861 bits per heavy atom. The molecule has 0 spiro atoms. The second kappa shape index (κ2) is 9.71. The Kier molecular flexibility index (Phi) is 6.99. The Balaban J connectivity index is 1.68. The first-order valence-electron chi connectivity index (χ1n) is 10.9. The van der Waals surface area contributed by atoms with E-state index in [-0.39, 0.29) is 34.5 Å².